The fraction of sp³-hybridized carbons (Fsp3) is 0.294. The lowest BCUT2D eigenvalue weighted by Crippen LogP contribution is -2.09. The fourth-order valence-electron chi connectivity index (χ4n) is 2.02. The van der Waals surface area contributed by atoms with E-state index >= 15 is 0 Å². The Hall–Kier alpha value is -2.63. The summed E-state index contributed by atoms with van der Waals surface area (Å²) in [5, 5.41) is 4.21. The summed E-state index contributed by atoms with van der Waals surface area (Å²) in [4.78, 5) is 12.0. The highest BCUT2D eigenvalue weighted by molar-refractivity contribution is 5.91. The number of benzene rings is 1. The number of carbonyl (C=O) groups excluding carboxylic acids is 1. The molecule has 122 valence electrons. The van der Waals surface area contributed by atoms with Crippen LogP contribution in [0, 0.1) is 5.82 Å². The molecule has 0 spiro atoms. The SMILES string of the molecule is CCO/C=C/c1cn(Cc2ccccc2F)nc1C(=O)OCC. The van der Waals surface area contributed by atoms with Gasteiger partial charge >= 0.3 is 5.97 Å². The van der Waals surface area contributed by atoms with Crippen LogP contribution in [0.5, 0.6) is 0 Å². The van der Waals surface area contributed by atoms with Crippen molar-refractivity contribution in [3.63, 3.8) is 0 Å². The Labute approximate surface area is 134 Å². The molecule has 0 atom stereocenters. The predicted molar refractivity (Wildman–Crippen MR) is 84.3 cm³/mol. The number of rotatable bonds is 7. The van der Waals surface area contributed by atoms with E-state index in [1.165, 1.54) is 17.0 Å². The van der Waals surface area contributed by atoms with Crippen LogP contribution in [0.25, 0.3) is 6.08 Å². The second-order valence-electron chi connectivity index (χ2n) is 4.70. The number of aromatic nitrogens is 2. The molecule has 2 aromatic rings. The minimum Gasteiger partial charge on any atom is -0.501 e. The van der Waals surface area contributed by atoms with E-state index in [9.17, 15) is 9.18 Å². The van der Waals surface area contributed by atoms with Crippen LogP contribution < -0.4 is 0 Å². The number of nitrogens with zero attached hydrogens (tertiary/aromatic N) is 2. The Balaban J connectivity index is 2.28. The molecule has 0 aliphatic rings. The van der Waals surface area contributed by atoms with E-state index in [1.807, 2.05) is 6.92 Å². The van der Waals surface area contributed by atoms with Gasteiger partial charge in [-0.05, 0) is 26.0 Å². The number of hydrogen-bond acceptors (Lipinski definition) is 4. The normalized spacial score (nSPS) is 10.9. The van der Waals surface area contributed by atoms with E-state index in [2.05, 4.69) is 5.10 Å². The average Bonchev–Trinajstić information content (AvgIpc) is 2.93. The quantitative estimate of drug-likeness (QED) is 0.581. The fourth-order valence-corrected chi connectivity index (χ4v) is 2.02. The van der Waals surface area contributed by atoms with Crippen molar-refractivity contribution in [3.05, 3.63) is 59.4 Å². The van der Waals surface area contributed by atoms with Crippen molar-refractivity contribution in [2.45, 2.75) is 20.4 Å². The molecule has 6 heteroatoms. The summed E-state index contributed by atoms with van der Waals surface area (Å²) in [6.45, 7) is 4.59. The molecule has 1 heterocycles. The molecule has 0 bridgehead atoms. The number of halogens is 1. The molecule has 0 amide bonds. The molecule has 23 heavy (non-hydrogen) atoms. The third-order valence-corrected chi connectivity index (χ3v) is 3.06. The summed E-state index contributed by atoms with van der Waals surface area (Å²) in [6, 6.07) is 6.45. The van der Waals surface area contributed by atoms with Gasteiger partial charge in [0.05, 0.1) is 26.0 Å². The molecule has 5 nitrogen and oxygen atoms in total. The van der Waals surface area contributed by atoms with Gasteiger partial charge < -0.3 is 9.47 Å². The molecular weight excluding hydrogens is 299 g/mol. The summed E-state index contributed by atoms with van der Waals surface area (Å²) in [5.74, 6) is -0.831. The number of carbonyl (C=O) groups is 1. The summed E-state index contributed by atoms with van der Waals surface area (Å²) < 4.78 is 25.4. The summed E-state index contributed by atoms with van der Waals surface area (Å²) in [6.07, 6.45) is 4.79. The van der Waals surface area contributed by atoms with E-state index in [1.54, 1.807) is 37.4 Å². The van der Waals surface area contributed by atoms with Crippen LogP contribution in [0.1, 0.15) is 35.5 Å². The van der Waals surface area contributed by atoms with Crippen molar-refractivity contribution in [3.8, 4) is 0 Å². The molecule has 1 aromatic heterocycles. The van der Waals surface area contributed by atoms with Crippen LogP contribution in [0.15, 0.2) is 36.7 Å². The Morgan fingerprint density at radius 3 is 2.78 bits per heavy atom. The Morgan fingerprint density at radius 1 is 1.30 bits per heavy atom. The predicted octanol–water partition coefficient (Wildman–Crippen LogP) is 3.25. The average molecular weight is 318 g/mol. The first kappa shape index (κ1) is 16.7. The lowest BCUT2D eigenvalue weighted by molar-refractivity contribution is 0.0518. The molecule has 0 saturated heterocycles. The highest BCUT2D eigenvalue weighted by Crippen LogP contribution is 2.14. The van der Waals surface area contributed by atoms with Crippen LogP contribution in [-0.4, -0.2) is 29.0 Å². The monoisotopic (exact) mass is 318 g/mol. The van der Waals surface area contributed by atoms with Gasteiger partial charge in [0.25, 0.3) is 0 Å². The Morgan fingerprint density at radius 2 is 2.09 bits per heavy atom. The minimum atomic E-state index is -0.518. The first-order valence-electron chi connectivity index (χ1n) is 7.41. The Bertz CT molecular complexity index is 695. The van der Waals surface area contributed by atoms with Crippen LogP contribution in [0.3, 0.4) is 0 Å². The summed E-state index contributed by atoms with van der Waals surface area (Å²) >= 11 is 0. The number of esters is 1. The zero-order valence-corrected chi connectivity index (χ0v) is 13.2. The van der Waals surface area contributed by atoms with Crippen LogP contribution in [0.4, 0.5) is 4.39 Å². The van der Waals surface area contributed by atoms with Crippen LogP contribution in [0.2, 0.25) is 0 Å². The third kappa shape index (κ3) is 4.42. The van der Waals surface area contributed by atoms with Crippen molar-refractivity contribution in [1.82, 2.24) is 9.78 Å². The molecule has 0 saturated carbocycles. The van der Waals surface area contributed by atoms with Crippen molar-refractivity contribution < 1.29 is 18.7 Å². The zero-order chi connectivity index (χ0) is 16.7. The van der Waals surface area contributed by atoms with Crippen LogP contribution >= 0.6 is 0 Å². The second kappa shape index (κ2) is 8.12. The van der Waals surface area contributed by atoms with E-state index in [0.717, 1.165) is 0 Å². The molecule has 1 aromatic carbocycles. The summed E-state index contributed by atoms with van der Waals surface area (Å²) in [5.41, 5.74) is 1.23. The third-order valence-electron chi connectivity index (χ3n) is 3.06. The first-order valence-corrected chi connectivity index (χ1v) is 7.41. The second-order valence-corrected chi connectivity index (χ2v) is 4.70. The van der Waals surface area contributed by atoms with Gasteiger partial charge in [-0.3, -0.25) is 4.68 Å². The summed E-state index contributed by atoms with van der Waals surface area (Å²) in [7, 11) is 0. The van der Waals surface area contributed by atoms with Crippen molar-refractivity contribution in [2.75, 3.05) is 13.2 Å². The molecule has 0 unspecified atom stereocenters. The molecule has 0 aliphatic heterocycles. The maximum atomic E-state index is 13.7. The van der Waals surface area contributed by atoms with Crippen molar-refractivity contribution in [1.29, 1.82) is 0 Å². The molecule has 0 N–H and O–H groups in total. The molecule has 0 fully saturated rings. The maximum Gasteiger partial charge on any atom is 0.359 e. The topological polar surface area (TPSA) is 53.4 Å². The van der Waals surface area contributed by atoms with E-state index in [0.29, 0.717) is 17.7 Å². The van der Waals surface area contributed by atoms with E-state index in [-0.39, 0.29) is 24.7 Å². The smallest absolute Gasteiger partial charge is 0.359 e. The largest absolute Gasteiger partial charge is 0.501 e. The first-order chi connectivity index (χ1) is 11.2. The number of ether oxygens (including phenoxy) is 2. The highest BCUT2D eigenvalue weighted by Gasteiger charge is 2.17. The van der Waals surface area contributed by atoms with Crippen molar-refractivity contribution in [2.24, 2.45) is 0 Å². The number of hydrogen-bond donors (Lipinski definition) is 0. The van der Waals surface area contributed by atoms with E-state index < -0.39 is 5.97 Å². The van der Waals surface area contributed by atoms with Gasteiger partial charge in [0.15, 0.2) is 5.69 Å². The minimum absolute atomic E-state index is 0.180. The van der Waals surface area contributed by atoms with Gasteiger partial charge in [0, 0.05) is 17.3 Å². The van der Waals surface area contributed by atoms with Gasteiger partial charge in [0.1, 0.15) is 5.82 Å². The van der Waals surface area contributed by atoms with Gasteiger partial charge in [-0.2, -0.15) is 5.10 Å². The standard InChI is InChI=1S/C17H19FN2O3/c1-3-22-10-9-14-12-20(19-16(14)17(21)23-4-2)11-13-7-5-6-8-15(13)18/h5-10,12H,3-4,11H2,1-2H3/b10-9+. The molecular formula is C17H19FN2O3. The lowest BCUT2D eigenvalue weighted by Gasteiger charge is -2.03. The van der Waals surface area contributed by atoms with Gasteiger partial charge in [-0.1, -0.05) is 18.2 Å². The van der Waals surface area contributed by atoms with Gasteiger partial charge in [0.2, 0.25) is 0 Å². The molecule has 2 rings (SSSR count). The Kier molecular flexibility index (Phi) is 5.91. The van der Waals surface area contributed by atoms with E-state index in [4.69, 9.17) is 9.47 Å². The van der Waals surface area contributed by atoms with Gasteiger partial charge in [-0.25, -0.2) is 9.18 Å². The van der Waals surface area contributed by atoms with Crippen LogP contribution in [-0.2, 0) is 16.0 Å². The lowest BCUT2D eigenvalue weighted by atomic mass is 10.2. The zero-order valence-electron chi connectivity index (χ0n) is 13.2. The molecule has 0 radical (unpaired) electrons. The maximum absolute atomic E-state index is 13.7. The molecule has 0 aliphatic carbocycles. The van der Waals surface area contributed by atoms with Crippen molar-refractivity contribution >= 4 is 12.0 Å². The highest BCUT2D eigenvalue weighted by atomic mass is 19.1. The van der Waals surface area contributed by atoms with Gasteiger partial charge in [-0.15, -0.1) is 0 Å².